The van der Waals surface area contributed by atoms with Crippen LogP contribution in [0.4, 0.5) is 4.39 Å². The molecule has 0 fully saturated rings. The number of rotatable bonds is 1. The minimum atomic E-state index is -1.48. The summed E-state index contributed by atoms with van der Waals surface area (Å²) in [5.41, 5.74) is 0. The number of halogens is 5. The lowest BCUT2D eigenvalue weighted by atomic mass is 10.5. The molecule has 0 radical (unpaired) electrons. The van der Waals surface area contributed by atoms with Crippen LogP contribution in [0.15, 0.2) is 0 Å². The lowest BCUT2D eigenvalue weighted by Gasteiger charge is -2.08. The molecule has 0 heterocycles. The SMILES string of the molecule is FC(Br)CC(Cl)(Cl)Cl. The van der Waals surface area contributed by atoms with Gasteiger partial charge in [-0.25, -0.2) is 4.39 Å². The molecule has 0 spiro atoms. The van der Waals surface area contributed by atoms with Crippen molar-refractivity contribution in [1.29, 1.82) is 0 Å². The van der Waals surface area contributed by atoms with Crippen molar-refractivity contribution in [3.05, 3.63) is 0 Å². The zero-order chi connectivity index (χ0) is 6.78. The van der Waals surface area contributed by atoms with Gasteiger partial charge in [-0.2, -0.15) is 0 Å². The van der Waals surface area contributed by atoms with Gasteiger partial charge in [0.15, 0.2) is 8.87 Å². The Morgan fingerprint density at radius 3 is 1.88 bits per heavy atom. The molecule has 1 atom stereocenters. The molecule has 0 nitrogen and oxygen atoms in total. The van der Waals surface area contributed by atoms with Gasteiger partial charge < -0.3 is 0 Å². The van der Waals surface area contributed by atoms with Crippen LogP contribution in [0.5, 0.6) is 0 Å². The summed E-state index contributed by atoms with van der Waals surface area (Å²) in [6, 6.07) is 0. The molecular formula is C3H3BrCl3F. The van der Waals surface area contributed by atoms with Gasteiger partial charge in [0.05, 0.1) is 0 Å². The smallest absolute Gasteiger partial charge is 0.194 e. The van der Waals surface area contributed by atoms with Gasteiger partial charge in [0.25, 0.3) is 0 Å². The molecule has 0 aromatic heterocycles. The molecule has 8 heavy (non-hydrogen) atoms. The van der Waals surface area contributed by atoms with Crippen LogP contribution in [0.2, 0.25) is 0 Å². The van der Waals surface area contributed by atoms with Gasteiger partial charge in [-0.05, 0) is 0 Å². The molecule has 0 aromatic carbocycles. The van der Waals surface area contributed by atoms with E-state index in [2.05, 4.69) is 15.9 Å². The third-order valence-electron chi connectivity index (χ3n) is 0.386. The summed E-state index contributed by atoms with van der Waals surface area (Å²) >= 11 is 18.2. The van der Waals surface area contributed by atoms with Crippen LogP contribution >= 0.6 is 50.7 Å². The van der Waals surface area contributed by atoms with E-state index >= 15 is 0 Å². The highest BCUT2D eigenvalue weighted by molar-refractivity contribution is 9.09. The summed E-state index contributed by atoms with van der Waals surface area (Å²) in [4.78, 5) is 0. The van der Waals surface area contributed by atoms with E-state index in [1.165, 1.54) is 0 Å². The summed E-state index contributed by atoms with van der Waals surface area (Å²) in [7, 11) is 0. The fraction of sp³-hybridized carbons (Fsp3) is 1.00. The molecule has 1 unspecified atom stereocenters. The molecular weight excluding hydrogens is 241 g/mol. The number of hydrogen-bond acceptors (Lipinski definition) is 0. The zero-order valence-corrected chi connectivity index (χ0v) is 7.53. The van der Waals surface area contributed by atoms with Crippen molar-refractivity contribution in [2.75, 3.05) is 0 Å². The number of hydrogen-bond donors (Lipinski definition) is 0. The van der Waals surface area contributed by atoms with Gasteiger partial charge in [0, 0.05) is 6.42 Å². The Kier molecular flexibility index (Phi) is 4.00. The highest BCUT2D eigenvalue weighted by Crippen LogP contribution is 2.33. The van der Waals surface area contributed by atoms with E-state index in [0.717, 1.165) is 0 Å². The minimum absolute atomic E-state index is 0.127. The summed E-state index contributed by atoms with van der Waals surface area (Å²) < 4.78 is 10.4. The molecule has 5 heteroatoms. The van der Waals surface area contributed by atoms with E-state index in [0.29, 0.717) is 0 Å². The van der Waals surface area contributed by atoms with Gasteiger partial charge >= 0.3 is 0 Å². The molecule has 0 aliphatic rings. The first-order valence-electron chi connectivity index (χ1n) is 1.77. The van der Waals surface area contributed by atoms with Crippen molar-refractivity contribution >= 4 is 50.7 Å². The van der Waals surface area contributed by atoms with Gasteiger partial charge in [0.2, 0.25) is 0 Å². The van der Waals surface area contributed by atoms with E-state index in [-0.39, 0.29) is 6.42 Å². The molecule has 0 aromatic rings. The number of alkyl halides is 5. The van der Waals surface area contributed by atoms with Gasteiger partial charge in [-0.1, -0.05) is 50.7 Å². The first-order chi connectivity index (χ1) is 3.42. The topological polar surface area (TPSA) is 0 Å². The monoisotopic (exact) mass is 242 g/mol. The lowest BCUT2D eigenvalue weighted by molar-refractivity contribution is 0.442. The maximum absolute atomic E-state index is 11.9. The molecule has 0 aliphatic heterocycles. The normalized spacial score (nSPS) is 16.1. The van der Waals surface area contributed by atoms with Crippen LogP contribution in [-0.4, -0.2) is 8.87 Å². The Hall–Kier alpha value is 1.28. The first kappa shape index (κ1) is 9.28. The molecule has 0 N–H and O–H groups in total. The van der Waals surface area contributed by atoms with Crippen molar-refractivity contribution in [2.45, 2.75) is 15.3 Å². The van der Waals surface area contributed by atoms with E-state index in [9.17, 15) is 4.39 Å². The quantitative estimate of drug-likeness (QED) is 0.620. The Labute approximate surface area is 70.4 Å². The summed E-state index contributed by atoms with van der Waals surface area (Å²) in [5.74, 6) is 0. The highest BCUT2D eigenvalue weighted by atomic mass is 79.9. The highest BCUT2D eigenvalue weighted by Gasteiger charge is 2.23. The standard InChI is InChI=1S/C3H3BrCl3F/c4-2(8)1-3(5,6)7/h2H,1H2. The second kappa shape index (κ2) is 3.45. The third kappa shape index (κ3) is 7.28. The summed E-state index contributed by atoms with van der Waals surface area (Å²) in [6.07, 6.45) is -0.127. The van der Waals surface area contributed by atoms with Crippen molar-refractivity contribution in [3.63, 3.8) is 0 Å². The Morgan fingerprint density at radius 1 is 1.50 bits per heavy atom. The summed E-state index contributed by atoms with van der Waals surface area (Å²) in [5, 5.41) is -1.24. The summed E-state index contributed by atoms with van der Waals surface area (Å²) in [6.45, 7) is 0. The largest absolute Gasteiger partial charge is 0.235 e. The van der Waals surface area contributed by atoms with Crippen LogP contribution < -0.4 is 0 Å². The Balaban J connectivity index is 3.39. The molecule has 0 aliphatic carbocycles. The Morgan fingerprint density at radius 2 is 1.88 bits per heavy atom. The van der Waals surface area contributed by atoms with E-state index in [1.807, 2.05) is 0 Å². The lowest BCUT2D eigenvalue weighted by Crippen LogP contribution is -2.06. The second-order valence-corrected chi connectivity index (χ2v) is 4.72. The average Bonchev–Trinajstić information content (AvgIpc) is 1.21. The predicted octanol–water partition coefficient (Wildman–Crippen LogP) is 3.44. The second-order valence-electron chi connectivity index (χ2n) is 1.21. The molecule has 0 bridgehead atoms. The van der Waals surface area contributed by atoms with Crippen molar-refractivity contribution in [2.24, 2.45) is 0 Å². The Bertz CT molecular complexity index is 69.4. The van der Waals surface area contributed by atoms with E-state index in [4.69, 9.17) is 34.8 Å². The molecule has 0 amide bonds. The fourth-order valence-corrected chi connectivity index (χ4v) is 1.63. The molecule has 0 saturated carbocycles. The van der Waals surface area contributed by atoms with Crippen LogP contribution in [0.25, 0.3) is 0 Å². The maximum atomic E-state index is 11.9. The van der Waals surface area contributed by atoms with E-state index < -0.39 is 8.87 Å². The van der Waals surface area contributed by atoms with Crippen LogP contribution in [0.3, 0.4) is 0 Å². The first-order valence-corrected chi connectivity index (χ1v) is 3.81. The van der Waals surface area contributed by atoms with Gasteiger partial charge in [-0.3, -0.25) is 0 Å². The van der Waals surface area contributed by atoms with Crippen LogP contribution in [0, 0.1) is 0 Å². The fourth-order valence-electron chi connectivity index (χ4n) is 0.175. The van der Waals surface area contributed by atoms with E-state index in [1.54, 1.807) is 0 Å². The average molecular weight is 244 g/mol. The van der Waals surface area contributed by atoms with Gasteiger partial charge in [0.1, 0.15) is 0 Å². The zero-order valence-electron chi connectivity index (χ0n) is 3.67. The molecule has 50 valence electrons. The van der Waals surface area contributed by atoms with Crippen LogP contribution in [0.1, 0.15) is 6.42 Å². The van der Waals surface area contributed by atoms with Gasteiger partial charge in [-0.15, -0.1) is 0 Å². The predicted molar refractivity (Wildman–Crippen MR) is 38.7 cm³/mol. The van der Waals surface area contributed by atoms with Crippen molar-refractivity contribution in [1.82, 2.24) is 0 Å². The maximum Gasteiger partial charge on any atom is 0.194 e. The van der Waals surface area contributed by atoms with Crippen LogP contribution in [-0.2, 0) is 0 Å². The molecule has 0 saturated heterocycles. The third-order valence-corrected chi connectivity index (χ3v) is 1.17. The minimum Gasteiger partial charge on any atom is -0.235 e. The molecule has 0 rings (SSSR count). The van der Waals surface area contributed by atoms with Crippen molar-refractivity contribution < 1.29 is 4.39 Å². The van der Waals surface area contributed by atoms with Crippen molar-refractivity contribution in [3.8, 4) is 0 Å².